The summed E-state index contributed by atoms with van der Waals surface area (Å²) in [4.78, 5) is 62.8. The highest BCUT2D eigenvalue weighted by Gasteiger charge is 2.69. The first kappa shape index (κ1) is 42.7. The van der Waals surface area contributed by atoms with Gasteiger partial charge in [-0.3, -0.25) is 14.5 Å². The maximum absolute atomic E-state index is 15.2. The third-order valence-corrected chi connectivity index (χ3v) is 20.0. The molecule has 13 rings (SSSR count). The van der Waals surface area contributed by atoms with Crippen molar-refractivity contribution in [1.82, 2.24) is 9.88 Å². The molecule has 1 spiro atoms. The number of amides is 2. The molecular weight excluding hydrogens is 847 g/mol. The van der Waals surface area contributed by atoms with Gasteiger partial charge in [0.15, 0.2) is 0 Å². The van der Waals surface area contributed by atoms with Crippen LogP contribution in [-0.4, -0.2) is 67.8 Å². The van der Waals surface area contributed by atoms with Gasteiger partial charge in [-0.25, -0.2) is 14.6 Å². The molecule has 2 amide bonds. The molecule has 4 fully saturated rings. The third-order valence-electron chi connectivity index (χ3n) is 17.4. The van der Waals surface area contributed by atoms with Crippen molar-refractivity contribution in [2.24, 2.45) is 46.3 Å². The van der Waals surface area contributed by atoms with E-state index >= 15 is 4.79 Å². The van der Waals surface area contributed by atoms with Gasteiger partial charge in [0.2, 0.25) is 0 Å². The predicted molar refractivity (Wildman–Crippen MR) is 245 cm³/mol. The lowest BCUT2D eigenvalue weighted by Crippen LogP contribution is -2.53. The Labute approximate surface area is 383 Å². The van der Waals surface area contributed by atoms with Crippen molar-refractivity contribution >= 4 is 57.2 Å². The standard InChI is InChI=1S/C51H59N3O8S2/c1-2-50(21-3-4-22-50)26-37-35-12-11-33-32-19-23-51(44(33)43(35)47(58)61-37)38-15-13-30(29-9-7-28(8-10-29)6-5-25-55)49(60)64-63-39-16-14-34-31(20-24-52-46(34)53-39)36(42(32)45(51)48(59)62-38)27-54-40(56)17-18-41(54)57/h14-18,20,24,26,28-30,32-33,36,39,44,49,55,60H,2-13,19,21-23,25,27H2,1H3,(H,52,53)/b37-26-,38-15-/t28?,29?,30-,32-,33-,36-,39+,44+,49-,51-/m0/s1. The summed E-state index contributed by atoms with van der Waals surface area (Å²) >= 11 is 0. The second-order valence-electron chi connectivity index (χ2n) is 20.2. The number of ether oxygens (including phenoxy) is 2. The molecule has 11 nitrogen and oxygen atoms in total. The summed E-state index contributed by atoms with van der Waals surface area (Å²) in [5.41, 5.74) is 3.19. The molecule has 9 bridgehead atoms. The maximum atomic E-state index is 15.2. The van der Waals surface area contributed by atoms with E-state index in [0.717, 1.165) is 106 Å². The minimum Gasteiger partial charge on any atom is -0.427 e. The maximum Gasteiger partial charge on any atom is 0.340 e. The fourth-order valence-corrected chi connectivity index (χ4v) is 16.7. The lowest BCUT2D eigenvalue weighted by atomic mass is 9.43. The number of aromatic nitrogens is 1. The molecule has 1 saturated heterocycles. The van der Waals surface area contributed by atoms with Crippen molar-refractivity contribution < 1.29 is 38.9 Å². The number of hydrogen-bond donors (Lipinski definition) is 3. The van der Waals surface area contributed by atoms with Crippen LogP contribution >= 0.6 is 21.6 Å². The van der Waals surface area contributed by atoms with Crippen molar-refractivity contribution in [3.63, 3.8) is 0 Å². The van der Waals surface area contributed by atoms with E-state index in [2.05, 4.69) is 36.5 Å². The highest BCUT2D eigenvalue weighted by atomic mass is 33.1. The Hall–Kier alpha value is -3.91. The minimum absolute atomic E-state index is 0.000705. The van der Waals surface area contributed by atoms with Crippen molar-refractivity contribution in [2.75, 3.05) is 18.5 Å². The van der Waals surface area contributed by atoms with Gasteiger partial charge in [0.25, 0.3) is 11.8 Å². The Morgan fingerprint density at radius 3 is 2.52 bits per heavy atom. The number of aliphatic hydroxyl groups excluding tert-OH is 2. The first-order valence-corrected chi connectivity index (χ1v) is 26.3. The van der Waals surface area contributed by atoms with Crippen LogP contribution in [0.4, 0.5) is 5.82 Å². The zero-order valence-electron chi connectivity index (χ0n) is 36.6. The predicted octanol–water partition coefficient (Wildman–Crippen LogP) is 9.03. The van der Waals surface area contributed by atoms with E-state index < -0.39 is 22.7 Å². The molecule has 0 radical (unpaired) electrons. The van der Waals surface area contributed by atoms with Gasteiger partial charge in [-0.2, -0.15) is 0 Å². The molecule has 8 atom stereocenters. The number of nitrogens with one attached hydrogen (secondary N) is 1. The summed E-state index contributed by atoms with van der Waals surface area (Å²) < 4.78 is 13.0. The summed E-state index contributed by atoms with van der Waals surface area (Å²) in [7, 11) is 3.03. The molecule has 6 aliphatic heterocycles. The number of rotatable bonds is 8. The van der Waals surface area contributed by atoms with Gasteiger partial charge < -0.3 is 25.0 Å². The van der Waals surface area contributed by atoms with E-state index in [4.69, 9.17) is 14.5 Å². The average molecular weight is 906 g/mol. The Morgan fingerprint density at radius 2 is 1.75 bits per heavy atom. The fourth-order valence-electron chi connectivity index (χ4n) is 14.2. The van der Waals surface area contributed by atoms with Crippen molar-refractivity contribution in [1.29, 1.82) is 0 Å². The second kappa shape index (κ2) is 16.8. The van der Waals surface area contributed by atoms with Crippen LogP contribution in [0.25, 0.3) is 6.08 Å². The highest BCUT2D eigenvalue weighted by Crippen LogP contribution is 2.72. The number of imide groups is 1. The first-order valence-electron chi connectivity index (χ1n) is 24.1. The number of pyridine rings is 1. The summed E-state index contributed by atoms with van der Waals surface area (Å²) in [6.45, 7) is 2.48. The van der Waals surface area contributed by atoms with E-state index in [9.17, 15) is 24.6 Å². The normalized spacial score (nSPS) is 37.5. The van der Waals surface area contributed by atoms with E-state index in [1.54, 1.807) is 17.0 Å². The molecule has 0 unspecified atom stereocenters. The van der Waals surface area contributed by atoms with Crippen LogP contribution in [0.1, 0.15) is 127 Å². The van der Waals surface area contributed by atoms with E-state index in [-0.39, 0.29) is 71.3 Å². The minimum atomic E-state index is -0.977. The second-order valence-corrected chi connectivity index (χ2v) is 22.7. The molecule has 3 N–H and O–H groups in total. The van der Waals surface area contributed by atoms with Crippen LogP contribution in [-0.2, 0) is 28.7 Å². The number of cyclic esters (lactones) is 1. The number of carbonyl (C=O) groups is 4. The zero-order chi connectivity index (χ0) is 43.9. The Bertz CT molecular complexity index is 2330. The smallest absolute Gasteiger partial charge is 0.340 e. The van der Waals surface area contributed by atoms with E-state index in [0.29, 0.717) is 53.7 Å². The van der Waals surface area contributed by atoms with Crippen molar-refractivity contribution in [3.8, 4) is 0 Å². The molecule has 6 aliphatic carbocycles. The topological polar surface area (TPSA) is 155 Å². The van der Waals surface area contributed by atoms with Crippen LogP contribution in [0.5, 0.6) is 0 Å². The van der Waals surface area contributed by atoms with Gasteiger partial charge in [-0.1, -0.05) is 66.3 Å². The third kappa shape index (κ3) is 6.86. The number of hydrogen-bond acceptors (Lipinski definition) is 12. The monoisotopic (exact) mass is 905 g/mol. The van der Waals surface area contributed by atoms with Crippen LogP contribution in [0.2, 0.25) is 0 Å². The number of allylic oxidation sites excluding steroid dienone is 4. The van der Waals surface area contributed by atoms with Gasteiger partial charge in [-0.05, 0) is 135 Å². The van der Waals surface area contributed by atoms with Gasteiger partial charge >= 0.3 is 11.9 Å². The number of fused-ring (bicyclic) bond motifs is 6. The quantitative estimate of drug-likeness (QED) is 0.130. The first-order chi connectivity index (χ1) is 31.1. The molecule has 13 heteroatoms. The average Bonchev–Trinajstić information content (AvgIpc) is 4.07. The lowest BCUT2D eigenvalue weighted by Gasteiger charge is -2.57. The molecule has 338 valence electrons. The zero-order valence-corrected chi connectivity index (χ0v) is 38.2. The molecule has 7 heterocycles. The van der Waals surface area contributed by atoms with Gasteiger partial charge in [0.05, 0.1) is 11.0 Å². The Morgan fingerprint density at radius 1 is 0.953 bits per heavy atom. The largest absolute Gasteiger partial charge is 0.427 e. The van der Waals surface area contributed by atoms with Gasteiger partial charge in [0.1, 0.15) is 28.1 Å². The molecule has 1 aromatic rings. The van der Waals surface area contributed by atoms with Gasteiger partial charge in [0, 0.05) is 66.0 Å². The van der Waals surface area contributed by atoms with Crippen LogP contribution in [0.15, 0.2) is 76.5 Å². The van der Waals surface area contributed by atoms with E-state index in [1.165, 1.54) is 27.8 Å². The molecule has 0 aromatic carbocycles. The van der Waals surface area contributed by atoms with Crippen LogP contribution in [0.3, 0.4) is 0 Å². The summed E-state index contributed by atoms with van der Waals surface area (Å²) in [5.74, 6) is 0.0934. The Kier molecular flexibility index (Phi) is 11.2. The SMILES string of the molecule is CCC1(/C=C2\OC(=O)C3=C2CC[C@H]2[C@@H]4CC[C@@]5(C6=C4[C@@H](CN4C(=O)C=CC4=O)c4ccnc7c4C=C[C@H](N7)SS[C@H](O)[C@H](C4CCC(CCCO)CC4)C/C=C/5OC6=O)[C@@H]32)CCCC1. The molecular formula is C51H59N3O8S2. The number of carbonyl (C=O) groups excluding carboxylic acids is 4. The summed E-state index contributed by atoms with van der Waals surface area (Å²) in [6.07, 6.45) is 27.6. The molecule has 1 aromatic heterocycles. The molecule has 12 aliphatic rings. The summed E-state index contributed by atoms with van der Waals surface area (Å²) in [5, 5.41) is 25.2. The Balaban J connectivity index is 1.10. The number of anilines is 1. The molecule has 64 heavy (non-hydrogen) atoms. The highest BCUT2D eigenvalue weighted by molar-refractivity contribution is 8.77. The summed E-state index contributed by atoms with van der Waals surface area (Å²) in [6, 6.07) is 1.96. The number of aliphatic hydroxyl groups is 2. The van der Waals surface area contributed by atoms with Crippen LogP contribution < -0.4 is 5.32 Å². The lowest BCUT2D eigenvalue weighted by molar-refractivity contribution is -0.137. The number of esters is 2. The van der Waals surface area contributed by atoms with Crippen molar-refractivity contribution in [3.05, 3.63) is 87.6 Å². The van der Waals surface area contributed by atoms with E-state index in [1.807, 2.05) is 6.07 Å². The number of nitrogens with zero attached hydrogens (tertiary/aromatic N) is 2. The van der Waals surface area contributed by atoms with Gasteiger partial charge in [-0.15, -0.1) is 0 Å². The fraction of sp³-hybridized carbons (Fsp3) is 0.588. The molecule has 3 saturated carbocycles. The van der Waals surface area contributed by atoms with Crippen LogP contribution in [0, 0.1) is 46.3 Å². The van der Waals surface area contributed by atoms with Crippen molar-refractivity contribution in [2.45, 2.75) is 126 Å².